The van der Waals surface area contributed by atoms with E-state index in [-0.39, 0.29) is 34.8 Å². The van der Waals surface area contributed by atoms with Crippen LogP contribution in [0.2, 0.25) is 5.02 Å². The van der Waals surface area contributed by atoms with Crippen molar-refractivity contribution in [3.63, 3.8) is 0 Å². The molecule has 0 aromatic heterocycles. The fraction of sp³-hybridized carbons (Fsp3) is 0.531. The number of fused-ring (bicyclic) bond motifs is 1. The highest BCUT2D eigenvalue weighted by Crippen LogP contribution is 2.59. The Morgan fingerprint density at radius 1 is 1.07 bits per heavy atom. The number of nitrogens with zero attached hydrogens (tertiary/aromatic N) is 4. The zero-order valence-electron chi connectivity index (χ0n) is 24.2. The van der Waals surface area contributed by atoms with E-state index in [1.165, 1.54) is 0 Å². The van der Waals surface area contributed by atoms with Gasteiger partial charge in [-0.2, -0.15) is 5.26 Å². The Morgan fingerprint density at radius 2 is 1.78 bits per heavy atom. The lowest BCUT2D eigenvalue weighted by molar-refractivity contribution is -0.199. The van der Waals surface area contributed by atoms with Crippen molar-refractivity contribution in [2.24, 2.45) is 16.7 Å². The second-order valence-corrected chi connectivity index (χ2v) is 13.6. The molecule has 0 radical (unpaired) electrons. The topological polar surface area (TPSA) is 88.9 Å². The van der Waals surface area contributed by atoms with Crippen LogP contribution < -0.4 is 10.1 Å². The molecule has 0 unspecified atom stereocenters. The predicted molar refractivity (Wildman–Crippen MR) is 157 cm³/mol. The molecule has 1 N–H and O–H groups in total. The maximum Gasteiger partial charge on any atom is 0.254 e. The van der Waals surface area contributed by atoms with Gasteiger partial charge in [-0.25, -0.2) is 0 Å². The SMILES string of the molecule is CC1(C)C(Oc2ccc(C#N)c(Cl)c2)C(C)(C)C1N1Cc2cc(C(=O)N3CCN(CC4CNC4)CC3)ccc2C1=O. The fourth-order valence-corrected chi connectivity index (χ4v) is 8.07. The number of nitriles is 1. The van der Waals surface area contributed by atoms with E-state index < -0.39 is 0 Å². The molecule has 9 heteroatoms. The van der Waals surface area contributed by atoms with E-state index in [1.807, 2.05) is 28.0 Å². The van der Waals surface area contributed by atoms with Crippen molar-refractivity contribution in [2.75, 3.05) is 45.8 Å². The molecule has 0 bridgehead atoms. The number of piperazine rings is 1. The number of rotatable bonds is 6. The van der Waals surface area contributed by atoms with Gasteiger partial charge < -0.3 is 19.9 Å². The molecule has 4 aliphatic rings. The lowest BCUT2D eigenvalue weighted by atomic mass is 9.49. The molecule has 8 nitrogen and oxygen atoms in total. The minimum Gasteiger partial charge on any atom is -0.489 e. The predicted octanol–water partition coefficient (Wildman–Crippen LogP) is 4.03. The van der Waals surface area contributed by atoms with Crippen LogP contribution in [0.1, 0.15) is 59.5 Å². The van der Waals surface area contributed by atoms with Crippen LogP contribution in [0.5, 0.6) is 5.75 Å². The lowest BCUT2D eigenvalue weighted by Gasteiger charge is -2.65. The number of nitrogens with one attached hydrogen (secondary N) is 1. The first-order valence-corrected chi connectivity index (χ1v) is 14.9. The third kappa shape index (κ3) is 4.78. The van der Waals surface area contributed by atoms with Crippen molar-refractivity contribution in [3.8, 4) is 11.8 Å². The quantitative estimate of drug-likeness (QED) is 0.559. The molecule has 3 heterocycles. The minimum atomic E-state index is -0.338. The zero-order valence-corrected chi connectivity index (χ0v) is 25.0. The van der Waals surface area contributed by atoms with Gasteiger partial charge in [0.1, 0.15) is 17.9 Å². The van der Waals surface area contributed by atoms with E-state index in [4.69, 9.17) is 16.3 Å². The second kappa shape index (κ2) is 10.3. The van der Waals surface area contributed by atoms with Gasteiger partial charge in [0.05, 0.1) is 10.6 Å². The van der Waals surface area contributed by atoms with Crippen LogP contribution in [-0.2, 0) is 6.54 Å². The Kier molecular flexibility index (Phi) is 7.04. The first-order valence-electron chi connectivity index (χ1n) is 14.5. The number of amides is 2. The highest BCUT2D eigenvalue weighted by Gasteiger charge is 2.67. The number of hydrogen-bond acceptors (Lipinski definition) is 6. The van der Waals surface area contributed by atoms with Crippen LogP contribution in [0.25, 0.3) is 0 Å². The summed E-state index contributed by atoms with van der Waals surface area (Å²) in [6.45, 7) is 15.6. The Bertz CT molecular complexity index is 1400. The molecule has 3 fully saturated rings. The van der Waals surface area contributed by atoms with Crippen molar-refractivity contribution >= 4 is 23.4 Å². The van der Waals surface area contributed by atoms with Gasteiger partial charge in [-0.1, -0.05) is 39.3 Å². The summed E-state index contributed by atoms with van der Waals surface area (Å²) in [5.74, 6) is 1.39. The first-order chi connectivity index (χ1) is 19.5. The van der Waals surface area contributed by atoms with Crippen LogP contribution in [0.3, 0.4) is 0 Å². The number of carbonyl (C=O) groups excluding carboxylic acids is 2. The van der Waals surface area contributed by atoms with Crippen LogP contribution in [0.15, 0.2) is 36.4 Å². The highest BCUT2D eigenvalue weighted by atomic mass is 35.5. The van der Waals surface area contributed by atoms with Crippen molar-refractivity contribution in [1.82, 2.24) is 20.0 Å². The number of halogens is 1. The molecule has 1 aliphatic carbocycles. The van der Waals surface area contributed by atoms with Gasteiger partial charge >= 0.3 is 0 Å². The molecule has 0 atom stereocenters. The lowest BCUT2D eigenvalue weighted by Crippen LogP contribution is -2.74. The number of benzene rings is 2. The maximum absolute atomic E-state index is 13.7. The zero-order chi connectivity index (χ0) is 29.1. The summed E-state index contributed by atoms with van der Waals surface area (Å²) < 4.78 is 6.43. The van der Waals surface area contributed by atoms with Crippen molar-refractivity contribution in [2.45, 2.75) is 46.4 Å². The molecular formula is C32H38ClN5O3. The summed E-state index contributed by atoms with van der Waals surface area (Å²) in [5, 5.41) is 12.9. The summed E-state index contributed by atoms with van der Waals surface area (Å²) in [5.41, 5.74) is 1.97. The van der Waals surface area contributed by atoms with E-state index in [1.54, 1.807) is 18.2 Å². The van der Waals surface area contributed by atoms with Gasteiger partial charge in [0.2, 0.25) is 0 Å². The molecule has 2 aromatic rings. The van der Waals surface area contributed by atoms with E-state index in [9.17, 15) is 14.9 Å². The molecule has 0 spiro atoms. The maximum atomic E-state index is 13.7. The summed E-state index contributed by atoms with van der Waals surface area (Å²) in [6.07, 6.45) is -0.170. The van der Waals surface area contributed by atoms with E-state index in [0.717, 1.165) is 57.3 Å². The molecule has 3 aliphatic heterocycles. The van der Waals surface area contributed by atoms with Gasteiger partial charge in [-0.3, -0.25) is 14.5 Å². The molecule has 2 saturated heterocycles. The van der Waals surface area contributed by atoms with E-state index in [0.29, 0.717) is 34.0 Å². The van der Waals surface area contributed by atoms with Gasteiger partial charge in [-0.05, 0) is 41.8 Å². The summed E-state index contributed by atoms with van der Waals surface area (Å²) >= 11 is 6.25. The van der Waals surface area contributed by atoms with Gasteiger partial charge in [-0.15, -0.1) is 0 Å². The van der Waals surface area contributed by atoms with Crippen molar-refractivity contribution in [1.29, 1.82) is 5.26 Å². The Morgan fingerprint density at radius 3 is 2.39 bits per heavy atom. The summed E-state index contributed by atoms with van der Waals surface area (Å²) in [7, 11) is 0. The number of carbonyl (C=O) groups is 2. The average Bonchev–Trinajstić information content (AvgIpc) is 3.23. The summed E-state index contributed by atoms with van der Waals surface area (Å²) in [4.78, 5) is 33.4. The molecule has 41 heavy (non-hydrogen) atoms. The molecule has 1 saturated carbocycles. The van der Waals surface area contributed by atoms with Gasteiger partial charge in [0.15, 0.2) is 0 Å². The Balaban J connectivity index is 1.13. The third-order valence-electron chi connectivity index (χ3n) is 9.61. The fourth-order valence-electron chi connectivity index (χ4n) is 7.85. The van der Waals surface area contributed by atoms with Gasteiger partial charge in [0, 0.05) is 86.4 Å². The molecule has 216 valence electrons. The number of hydrogen-bond donors (Lipinski definition) is 1. The Labute approximate surface area is 247 Å². The monoisotopic (exact) mass is 575 g/mol. The van der Waals surface area contributed by atoms with Crippen LogP contribution in [0, 0.1) is 28.1 Å². The van der Waals surface area contributed by atoms with E-state index in [2.05, 4.69) is 44.0 Å². The Hall–Kier alpha value is -3.12. The normalized spacial score (nSPS) is 25.2. The number of ether oxygens (including phenoxy) is 1. The van der Waals surface area contributed by atoms with Crippen molar-refractivity contribution < 1.29 is 14.3 Å². The second-order valence-electron chi connectivity index (χ2n) is 13.2. The van der Waals surface area contributed by atoms with Crippen LogP contribution >= 0.6 is 11.6 Å². The standard InChI is InChI=1S/C32H38ClN5O3/c1-31(2)29(32(3,4)30(31)41-24-7-5-22(15-34)26(33)14-24)38-19-23-13-21(6-8-25(23)28(38)40)27(39)37-11-9-36(10-12-37)18-20-16-35-17-20/h5-8,13-14,20,29-30,35H,9-12,16-19H2,1-4H3. The first kappa shape index (κ1) is 28.0. The van der Waals surface area contributed by atoms with E-state index >= 15 is 0 Å². The molecule has 2 aromatic carbocycles. The van der Waals surface area contributed by atoms with Gasteiger partial charge in [0.25, 0.3) is 11.8 Å². The molecule has 2 amide bonds. The minimum absolute atomic E-state index is 0.00381. The summed E-state index contributed by atoms with van der Waals surface area (Å²) in [6, 6.07) is 12.7. The third-order valence-corrected chi connectivity index (χ3v) is 9.93. The average molecular weight is 576 g/mol. The molecule has 6 rings (SSSR count). The van der Waals surface area contributed by atoms with Crippen LogP contribution in [-0.4, -0.2) is 84.5 Å². The molecular weight excluding hydrogens is 538 g/mol. The van der Waals surface area contributed by atoms with Crippen molar-refractivity contribution in [3.05, 3.63) is 63.7 Å². The van der Waals surface area contributed by atoms with Crippen LogP contribution in [0.4, 0.5) is 0 Å². The largest absolute Gasteiger partial charge is 0.489 e. The highest BCUT2D eigenvalue weighted by molar-refractivity contribution is 6.31. The smallest absolute Gasteiger partial charge is 0.254 e.